The molecule has 0 heterocycles. The molecule has 0 atom stereocenters. The quantitative estimate of drug-likeness (QED) is 0.405. The van der Waals surface area contributed by atoms with E-state index in [-0.39, 0.29) is 0 Å². The molecule has 2 heteroatoms. The maximum Gasteiger partial charge on any atom is 0.195 e. The Labute approximate surface area is 58.8 Å². The largest absolute Gasteiger partial charge is 0.309 e. The lowest BCUT2D eigenvalue weighted by molar-refractivity contribution is 0.408. The average Bonchev–Trinajstić information content (AvgIpc) is 1.66. The molecular weight excluding hydrogens is 113 g/mol. The van der Waals surface area contributed by atoms with Crippen molar-refractivity contribution in [1.82, 2.24) is 4.90 Å². The van der Waals surface area contributed by atoms with Gasteiger partial charge in [0.15, 0.2) is 15.2 Å². The zero-order valence-corrected chi connectivity index (χ0v) is 7.30. The molecule has 0 spiro atoms. The fourth-order valence-electron chi connectivity index (χ4n) is 0.612. The summed E-state index contributed by atoms with van der Waals surface area (Å²) in [6.45, 7) is 1.26. The third-order valence-corrected chi connectivity index (χ3v) is 2.08. The molecule has 8 heavy (non-hydrogen) atoms. The van der Waals surface area contributed by atoms with Gasteiger partial charge < -0.3 is 4.90 Å². The van der Waals surface area contributed by atoms with E-state index in [0.717, 1.165) is 15.2 Å². The predicted octanol–water partition coefficient (Wildman–Crippen LogP) is 1.11. The molecule has 0 aromatic heterocycles. The van der Waals surface area contributed by atoms with Crippen molar-refractivity contribution in [3.8, 4) is 0 Å². The van der Waals surface area contributed by atoms with Crippen molar-refractivity contribution in [1.29, 1.82) is 0 Å². The summed E-state index contributed by atoms with van der Waals surface area (Å²) < 4.78 is 0. The Balaban J connectivity index is 2.72. The summed E-state index contributed by atoms with van der Waals surface area (Å²) >= 11 is 0.737. The molecule has 47 valence electrons. The molecule has 0 unspecified atom stereocenters. The van der Waals surface area contributed by atoms with Crippen LogP contribution in [-0.2, 0) is 0 Å². The van der Waals surface area contributed by atoms with Crippen LogP contribution < -0.4 is 0 Å². The van der Waals surface area contributed by atoms with E-state index < -0.39 is 0 Å². The molecule has 0 bridgehead atoms. The molecule has 0 aromatic carbocycles. The first-order chi connectivity index (χ1) is 3.77. The Morgan fingerprint density at radius 2 is 2.00 bits per heavy atom. The molecule has 0 N–H and O–H groups in total. The van der Waals surface area contributed by atoms with Gasteiger partial charge in [0, 0.05) is 0 Å². The van der Waals surface area contributed by atoms with Crippen LogP contribution in [0.15, 0.2) is 0 Å². The molecule has 0 amide bonds. The molecule has 1 nitrogen and oxygen atoms in total. The molecule has 0 saturated carbocycles. The van der Waals surface area contributed by atoms with Gasteiger partial charge >= 0.3 is 0 Å². The van der Waals surface area contributed by atoms with Crippen molar-refractivity contribution in [3.63, 3.8) is 0 Å². The minimum Gasteiger partial charge on any atom is -0.309 e. The maximum absolute atomic E-state index is 2.32. The highest BCUT2D eigenvalue weighted by Gasteiger charge is 1.87. The van der Waals surface area contributed by atoms with Crippen LogP contribution in [-0.4, -0.2) is 40.8 Å². The summed E-state index contributed by atoms with van der Waals surface area (Å²) in [5, 5.41) is 1.46. The molecule has 0 aliphatic carbocycles. The Morgan fingerprint density at radius 1 is 1.38 bits per heavy atom. The van der Waals surface area contributed by atoms with E-state index in [2.05, 4.69) is 24.8 Å². The number of hydrogen-bond donors (Lipinski definition) is 0. The minimum absolute atomic E-state index is 0.737. The first-order valence-corrected chi connectivity index (χ1v) is 5.17. The molecule has 1 radical (unpaired) electrons. The maximum atomic E-state index is 2.32. The van der Waals surface area contributed by atoms with Crippen molar-refractivity contribution in [2.75, 3.05) is 20.6 Å². The van der Waals surface area contributed by atoms with E-state index in [9.17, 15) is 0 Å². The zero-order valence-electron chi connectivity index (χ0n) is 6.15. The smallest absolute Gasteiger partial charge is 0.195 e. The molecule has 0 fully saturated rings. The third kappa shape index (κ3) is 6.49. The lowest BCUT2D eigenvalue weighted by Gasteiger charge is -2.06. The van der Waals surface area contributed by atoms with Crippen LogP contribution in [0.2, 0.25) is 11.1 Å². The van der Waals surface area contributed by atoms with Gasteiger partial charge in [-0.15, -0.1) is 11.1 Å². The molecule has 0 aliphatic rings. The summed E-state index contributed by atoms with van der Waals surface area (Å²) in [5.74, 6) is 2.32. The van der Waals surface area contributed by atoms with E-state index in [4.69, 9.17) is 0 Å². The molecule has 0 aromatic rings. The molecule has 0 rings (SSSR count). The van der Waals surface area contributed by atoms with E-state index in [1.807, 2.05) is 0 Å². The first kappa shape index (κ1) is 8.49. The summed E-state index contributed by atoms with van der Waals surface area (Å²) in [6.07, 6.45) is 1.39. The zero-order chi connectivity index (χ0) is 6.41. The Hall–Kier alpha value is 0.492. The van der Waals surface area contributed by atoms with Crippen molar-refractivity contribution in [2.24, 2.45) is 0 Å². The SMILES string of the molecule is [CH3][Al][CH2]CCN(C)C. The Bertz CT molecular complexity index is 45.8. The van der Waals surface area contributed by atoms with Crippen molar-refractivity contribution in [3.05, 3.63) is 0 Å². The van der Waals surface area contributed by atoms with Gasteiger partial charge in [-0.05, 0) is 20.6 Å². The van der Waals surface area contributed by atoms with Crippen LogP contribution in [0, 0.1) is 0 Å². The lowest BCUT2D eigenvalue weighted by Crippen LogP contribution is -2.12. The second-order valence-electron chi connectivity index (χ2n) is 2.35. The Kier molecular flexibility index (Phi) is 5.97. The van der Waals surface area contributed by atoms with E-state index in [1.54, 1.807) is 0 Å². The van der Waals surface area contributed by atoms with Crippen molar-refractivity contribution >= 4 is 15.2 Å². The molecule has 0 aliphatic heterocycles. The van der Waals surface area contributed by atoms with Crippen LogP contribution in [0.1, 0.15) is 6.42 Å². The summed E-state index contributed by atoms with van der Waals surface area (Å²) in [7, 11) is 4.26. The lowest BCUT2D eigenvalue weighted by atomic mass is 10.5. The van der Waals surface area contributed by atoms with Gasteiger partial charge in [0.05, 0.1) is 0 Å². The second kappa shape index (κ2) is 5.63. The van der Waals surface area contributed by atoms with E-state index >= 15 is 0 Å². The van der Waals surface area contributed by atoms with Crippen molar-refractivity contribution < 1.29 is 0 Å². The normalized spacial score (nSPS) is 10.0. The van der Waals surface area contributed by atoms with Gasteiger partial charge in [-0.1, -0.05) is 6.42 Å². The van der Waals surface area contributed by atoms with Gasteiger partial charge in [-0.3, -0.25) is 0 Å². The van der Waals surface area contributed by atoms with Gasteiger partial charge in [0.1, 0.15) is 0 Å². The van der Waals surface area contributed by atoms with Gasteiger partial charge in [0.25, 0.3) is 0 Å². The predicted molar refractivity (Wildman–Crippen MR) is 39.6 cm³/mol. The topological polar surface area (TPSA) is 3.24 Å². The van der Waals surface area contributed by atoms with Gasteiger partial charge in [-0.2, -0.15) is 0 Å². The number of nitrogens with zero attached hydrogens (tertiary/aromatic N) is 1. The van der Waals surface area contributed by atoms with Crippen LogP contribution in [0.25, 0.3) is 0 Å². The third-order valence-electron chi connectivity index (χ3n) is 1.10. The Morgan fingerprint density at radius 3 is 2.38 bits per heavy atom. The summed E-state index contributed by atoms with van der Waals surface area (Å²) in [4.78, 5) is 2.25. The number of rotatable bonds is 4. The van der Waals surface area contributed by atoms with Crippen LogP contribution in [0.3, 0.4) is 0 Å². The minimum atomic E-state index is 0.737. The first-order valence-electron chi connectivity index (χ1n) is 3.20. The second-order valence-corrected chi connectivity index (χ2v) is 3.75. The monoisotopic (exact) mass is 128 g/mol. The fourth-order valence-corrected chi connectivity index (χ4v) is 1.20. The highest BCUT2D eigenvalue weighted by molar-refractivity contribution is 6.33. The fraction of sp³-hybridized carbons (Fsp3) is 1.00. The average molecular weight is 128 g/mol. The van der Waals surface area contributed by atoms with Gasteiger partial charge in [0.2, 0.25) is 0 Å². The van der Waals surface area contributed by atoms with Crippen molar-refractivity contribution in [2.45, 2.75) is 17.5 Å². The van der Waals surface area contributed by atoms with Crippen LogP contribution in [0.4, 0.5) is 0 Å². The highest BCUT2D eigenvalue weighted by Crippen LogP contribution is 1.88. The molecular formula is C6H15AlN. The standard InChI is InChI=1S/C5H12N.CH3.Al/c1-4-5-6(2)3;;/h1,4-5H2,2-3H3;1H3;. The van der Waals surface area contributed by atoms with E-state index in [1.165, 1.54) is 18.2 Å². The summed E-state index contributed by atoms with van der Waals surface area (Å²) in [5.41, 5.74) is 0. The number of hydrogen-bond acceptors (Lipinski definition) is 1. The van der Waals surface area contributed by atoms with Crippen LogP contribution in [0.5, 0.6) is 0 Å². The summed E-state index contributed by atoms with van der Waals surface area (Å²) in [6, 6.07) is 0. The van der Waals surface area contributed by atoms with E-state index in [0.29, 0.717) is 0 Å². The van der Waals surface area contributed by atoms with Crippen LogP contribution >= 0.6 is 0 Å². The van der Waals surface area contributed by atoms with Gasteiger partial charge in [-0.25, -0.2) is 0 Å². The molecule has 0 saturated heterocycles. The highest BCUT2D eigenvalue weighted by atomic mass is 27.1.